The molecule has 1 N–H and O–H groups in total. The second-order valence-corrected chi connectivity index (χ2v) is 9.79. The quantitative estimate of drug-likeness (QED) is 0.237. The Kier molecular flexibility index (Phi) is 8.69. The van der Waals surface area contributed by atoms with Crippen LogP contribution in [0.2, 0.25) is 0 Å². The van der Waals surface area contributed by atoms with Crippen molar-refractivity contribution in [1.82, 2.24) is 15.0 Å². The van der Waals surface area contributed by atoms with Crippen LogP contribution in [-0.2, 0) is 0 Å². The molecule has 0 bridgehead atoms. The normalized spacial score (nSPS) is 16.6. The monoisotopic (exact) mass is 500 g/mol. The molecule has 0 saturated carbocycles. The molecule has 12 heteroatoms. The molecule has 3 heterocycles. The lowest BCUT2D eigenvalue weighted by Gasteiger charge is -2.30. The number of aromatic nitrogens is 3. The molecule has 2 aromatic rings. The Hall–Kier alpha value is -2.99. The van der Waals surface area contributed by atoms with Crippen LogP contribution in [0.25, 0.3) is 0 Å². The first-order chi connectivity index (χ1) is 17.0. The lowest BCUT2D eigenvalue weighted by Crippen LogP contribution is -2.35. The maximum Gasteiger partial charge on any atom is 0.283 e. The fourth-order valence-corrected chi connectivity index (χ4v) is 4.96. The van der Waals surface area contributed by atoms with Gasteiger partial charge in [0.25, 0.3) is 11.6 Å². The minimum Gasteiger partial charge on any atom is -0.396 e. The van der Waals surface area contributed by atoms with Crippen molar-refractivity contribution in [2.75, 3.05) is 60.4 Å². The van der Waals surface area contributed by atoms with E-state index in [0.717, 1.165) is 51.9 Å². The molecule has 1 aromatic heterocycles. The third-order valence-corrected chi connectivity index (χ3v) is 7.12. The van der Waals surface area contributed by atoms with Crippen LogP contribution < -0.4 is 14.8 Å². The predicted octanol–water partition coefficient (Wildman–Crippen LogP) is 3.32. The third kappa shape index (κ3) is 6.57. The number of hydrogen-bond donors (Lipinski definition) is 1. The fraction of sp³-hybridized carbons (Fsp3) is 0.565. The van der Waals surface area contributed by atoms with Crippen molar-refractivity contribution in [2.45, 2.75) is 43.4 Å². The summed E-state index contributed by atoms with van der Waals surface area (Å²) in [5, 5.41) is 26.6. The van der Waals surface area contributed by atoms with E-state index in [1.54, 1.807) is 30.4 Å². The zero-order valence-electron chi connectivity index (χ0n) is 20.0. The van der Waals surface area contributed by atoms with Gasteiger partial charge in [-0.3, -0.25) is 10.1 Å². The standard InChI is InChI=1S/C23H32N8O3S/c1-28(24-17-18-8-9-20(35-15-14-32)19(16-18)31(33)34)21-25-22(29-10-4-2-5-11-29)27-23(26-21)30-12-6-3-7-13-30/h8-9,16-17,32H,2-7,10-15H2,1H3. The van der Waals surface area contributed by atoms with Gasteiger partial charge in [0, 0.05) is 50.6 Å². The molecule has 0 radical (unpaired) electrons. The number of rotatable bonds is 9. The average Bonchev–Trinajstić information content (AvgIpc) is 2.91. The van der Waals surface area contributed by atoms with E-state index < -0.39 is 4.92 Å². The minimum absolute atomic E-state index is 0.00464. The lowest BCUT2D eigenvalue weighted by molar-refractivity contribution is -0.387. The Bertz CT molecular complexity index is 1010. The molecule has 2 fully saturated rings. The highest BCUT2D eigenvalue weighted by Gasteiger charge is 2.21. The maximum atomic E-state index is 11.5. The van der Waals surface area contributed by atoms with Gasteiger partial charge < -0.3 is 14.9 Å². The molecule has 11 nitrogen and oxygen atoms in total. The SMILES string of the molecule is CN(N=Cc1ccc(SCCO)c([N+](=O)[O-])c1)c1nc(N2CCCCC2)nc(N2CCCCC2)n1. The van der Waals surface area contributed by atoms with Crippen LogP contribution in [0.4, 0.5) is 23.5 Å². The van der Waals surface area contributed by atoms with E-state index in [0.29, 0.717) is 34.1 Å². The summed E-state index contributed by atoms with van der Waals surface area (Å²) >= 11 is 1.25. The van der Waals surface area contributed by atoms with Crippen molar-refractivity contribution >= 4 is 41.5 Å². The number of hydrazone groups is 1. The molecule has 0 aliphatic carbocycles. The molecule has 0 unspecified atom stereocenters. The second-order valence-electron chi connectivity index (χ2n) is 8.66. The topological polar surface area (TPSA) is 124 Å². The van der Waals surface area contributed by atoms with Gasteiger partial charge in [-0.15, -0.1) is 11.8 Å². The Balaban J connectivity index is 1.58. The van der Waals surface area contributed by atoms with Crippen molar-refractivity contribution in [3.63, 3.8) is 0 Å². The lowest BCUT2D eigenvalue weighted by atomic mass is 10.1. The Morgan fingerprint density at radius 1 is 1.06 bits per heavy atom. The number of aliphatic hydroxyl groups excluding tert-OH is 1. The zero-order chi connectivity index (χ0) is 24.6. The summed E-state index contributed by atoms with van der Waals surface area (Å²) in [6.45, 7) is 3.68. The molecular formula is C23H32N8O3S. The highest BCUT2D eigenvalue weighted by atomic mass is 32.2. The van der Waals surface area contributed by atoms with Crippen LogP contribution in [-0.4, -0.2) is 76.8 Å². The number of thioether (sulfide) groups is 1. The third-order valence-electron chi connectivity index (χ3n) is 6.08. The summed E-state index contributed by atoms with van der Waals surface area (Å²) in [5.41, 5.74) is 0.591. The van der Waals surface area contributed by atoms with E-state index >= 15 is 0 Å². The molecule has 2 saturated heterocycles. The van der Waals surface area contributed by atoms with E-state index in [9.17, 15) is 10.1 Å². The first kappa shape index (κ1) is 25.1. The highest BCUT2D eigenvalue weighted by Crippen LogP contribution is 2.30. The number of hydrogen-bond acceptors (Lipinski definition) is 11. The van der Waals surface area contributed by atoms with Gasteiger partial charge in [0.15, 0.2) is 0 Å². The number of piperidine rings is 2. The number of anilines is 3. The van der Waals surface area contributed by atoms with Gasteiger partial charge in [-0.05, 0) is 44.6 Å². The number of nitro groups is 1. The maximum absolute atomic E-state index is 11.5. The molecule has 4 rings (SSSR count). The van der Waals surface area contributed by atoms with Gasteiger partial charge in [0.2, 0.25) is 11.9 Å². The van der Waals surface area contributed by atoms with Crippen molar-refractivity contribution in [2.24, 2.45) is 5.10 Å². The van der Waals surface area contributed by atoms with E-state index in [1.165, 1.54) is 30.7 Å². The number of aliphatic hydroxyl groups is 1. The first-order valence-electron chi connectivity index (χ1n) is 12.1. The predicted molar refractivity (Wildman–Crippen MR) is 139 cm³/mol. The van der Waals surface area contributed by atoms with Crippen LogP contribution in [0.3, 0.4) is 0 Å². The molecule has 35 heavy (non-hydrogen) atoms. The number of nitro benzene ring substituents is 1. The number of nitrogens with zero attached hydrogens (tertiary/aromatic N) is 8. The summed E-state index contributed by atoms with van der Waals surface area (Å²) < 4.78 is 0. The van der Waals surface area contributed by atoms with Gasteiger partial charge in [-0.1, -0.05) is 6.07 Å². The van der Waals surface area contributed by atoms with Crippen LogP contribution in [0, 0.1) is 10.1 Å². The van der Waals surface area contributed by atoms with Crippen molar-refractivity contribution < 1.29 is 10.0 Å². The van der Waals surface area contributed by atoms with Gasteiger partial charge in [0.05, 0.1) is 22.6 Å². The van der Waals surface area contributed by atoms with Crippen molar-refractivity contribution in [1.29, 1.82) is 0 Å². The van der Waals surface area contributed by atoms with Crippen LogP contribution in [0.5, 0.6) is 0 Å². The first-order valence-corrected chi connectivity index (χ1v) is 13.1. The minimum atomic E-state index is -0.414. The molecule has 2 aliphatic heterocycles. The molecule has 0 spiro atoms. The summed E-state index contributed by atoms with van der Waals surface area (Å²) in [5.74, 6) is 2.20. The highest BCUT2D eigenvalue weighted by molar-refractivity contribution is 7.99. The van der Waals surface area contributed by atoms with Crippen LogP contribution in [0.1, 0.15) is 44.1 Å². The summed E-state index contributed by atoms with van der Waals surface area (Å²) in [6, 6.07) is 4.95. The van der Waals surface area contributed by atoms with Gasteiger partial charge in [0.1, 0.15) is 0 Å². The van der Waals surface area contributed by atoms with E-state index in [2.05, 4.69) is 14.9 Å². The van der Waals surface area contributed by atoms with Crippen LogP contribution >= 0.6 is 11.8 Å². The van der Waals surface area contributed by atoms with E-state index in [4.69, 9.17) is 20.1 Å². The van der Waals surface area contributed by atoms with Crippen molar-refractivity contribution in [3.05, 3.63) is 33.9 Å². The van der Waals surface area contributed by atoms with Crippen molar-refractivity contribution in [3.8, 4) is 0 Å². The molecular weight excluding hydrogens is 468 g/mol. The molecule has 1 aromatic carbocycles. The average molecular weight is 501 g/mol. The molecule has 2 aliphatic rings. The Morgan fingerprint density at radius 3 is 2.20 bits per heavy atom. The van der Waals surface area contributed by atoms with E-state index in [-0.39, 0.29) is 12.3 Å². The zero-order valence-corrected chi connectivity index (χ0v) is 20.9. The molecule has 0 atom stereocenters. The fourth-order valence-electron chi connectivity index (χ4n) is 4.20. The van der Waals surface area contributed by atoms with Gasteiger partial charge in [-0.2, -0.15) is 20.1 Å². The second kappa shape index (κ2) is 12.1. The smallest absolute Gasteiger partial charge is 0.283 e. The molecule has 0 amide bonds. The van der Waals surface area contributed by atoms with Crippen LogP contribution in [0.15, 0.2) is 28.2 Å². The summed E-state index contributed by atoms with van der Waals surface area (Å²) in [6.07, 6.45) is 8.51. The van der Waals surface area contributed by atoms with Gasteiger partial charge >= 0.3 is 0 Å². The molecule has 188 valence electrons. The summed E-state index contributed by atoms with van der Waals surface area (Å²) in [7, 11) is 1.77. The van der Waals surface area contributed by atoms with Gasteiger partial charge in [-0.25, -0.2) is 5.01 Å². The largest absolute Gasteiger partial charge is 0.396 e. The summed E-state index contributed by atoms with van der Waals surface area (Å²) in [4.78, 5) is 30.3. The number of benzene rings is 1. The Labute approximate surface area is 209 Å². The Morgan fingerprint density at radius 2 is 1.66 bits per heavy atom. The van der Waals surface area contributed by atoms with E-state index in [1.807, 2.05) is 0 Å².